The Kier molecular flexibility index (Phi) is 3.79. The summed E-state index contributed by atoms with van der Waals surface area (Å²) in [6, 6.07) is 7.17. The highest BCUT2D eigenvalue weighted by molar-refractivity contribution is 5.88. The molecule has 6 nitrogen and oxygen atoms in total. The van der Waals surface area contributed by atoms with Crippen molar-refractivity contribution in [3.63, 3.8) is 0 Å². The summed E-state index contributed by atoms with van der Waals surface area (Å²) in [6.45, 7) is 1.96. The molecule has 3 rings (SSSR count). The highest BCUT2D eigenvalue weighted by Gasteiger charge is 2.36. The number of carbonyl (C=O) groups is 2. The zero-order valence-corrected chi connectivity index (χ0v) is 11.7. The van der Waals surface area contributed by atoms with E-state index in [1.54, 1.807) is 4.90 Å². The lowest BCUT2D eigenvalue weighted by Gasteiger charge is -2.37. The maximum Gasteiger partial charge on any atom is 0.241 e. The topological polar surface area (TPSA) is 84.7 Å². The zero-order valence-electron chi connectivity index (χ0n) is 11.7. The van der Waals surface area contributed by atoms with Crippen LogP contribution in [0, 0.1) is 5.92 Å². The molecule has 0 bridgehead atoms. The standard InChI is InChI=1S/C15H19N3O3/c16-14(19)12-8-17-5-6-18(12)15(20)11-7-10-3-1-2-4-13(10)21-9-11/h1-4,11-12,17H,5-9H2,(H2,16,19). The molecule has 1 aromatic carbocycles. The Morgan fingerprint density at radius 3 is 2.95 bits per heavy atom. The van der Waals surface area contributed by atoms with Crippen molar-refractivity contribution in [1.82, 2.24) is 10.2 Å². The Balaban J connectivity index is 1.75. The average Bonchev–Trinajstić information content (AvgIpc) is 2.53. The maximum atomic E-state index is 12.7. The van der Waals surface area contributed by atoms with E-state index in [4.69, 9.17) is 10.5 Å². The van der Waals surface area contributed by atoms with Gasteiger partial charge in [-0.25, -0.2) is 0 Å². The van der Waals surface area contributed by atoms with Gasteiger partial charge < -0.3 is 20.7 Å². The summed E-state index contributed by atoms with van der Waals surface area (Å²) < 4.78 is 5.66. The third-order valence-corrected chi connectivity index (χ3v) is 4.08. The monoisotopic (exact) mass is 289 g/mol. The number of nitrogens with two attached hydrogens (primary N) is 1. The van der Waals surface area contributed by atoms with Crippen molar-refractivity contribution < 1.29 is 14.3 Å². The number of carbonyl (C=O) groups excluding carboxylic acids is 2. The summed E-state index contributed by atoms with van der Waals surface area (Å²) in [5.41, 5.74) is 6.43. The van der Waals surface area contributed by atoms with E-state index in [1.807, 2.05) is 24.3 Å². The Bertz CT molecular complexity index is 561. The van der Waals surface area contributed by atoms with Crippen LogP contribution in [0.4, 0.5) is 0 Å². The summed E-state index contributed by atoms with van der Waals surface area (Å²) in [6.07, 6.45) is 0.643. The van der Waals surface area contributed by atoms with Crippen molar-refractivity contribution in [3.05, 3.63) is 29.8 Å². The summed E-state index contributed by atoms with van der Waals surface area (Å²) in [7, 11) is 0. The molecule has 2 aliphatic heterocycles. The van der Waals surface area contributed by atoms with Crippen molar-refractivity contribution in [1.29, 1.82) is 0 Å². The van der Waals surface area contributed by atoms with Gasteiger partial charge in [-0.15, -0.1) is 0 Å². The van der Waals surface area contributed by atoms with Gasteiger partial charge in [0, 0.05) is 19.6 Å². The van der Waals surface area contributed by atoms with E-state index >= 15 is 0 Å². The molecule has 0 aromatic heterocycles. The first kappa shape index (κ1) is 13.9. The minimum Gasteiger partial charge on any atom is -0.492 e. The normalized spacial score (nSPS) is 24.9. The number of benzene rings is 1. The van der Waals surface area contributed by atoms with Gasteiger partial charge in [0.05, 0.1) is 5.92 Å². The fourth-order valence-corrected chi connectivity index (χ4v) is 2.94. The number of hydrogen-bond acceptors (Lipinski definition) is 4. The van der Waals surface area contributed by atoms with E-state index in [0.717, 1.165) is 11.3 Å². The summed E-state index contributed by atoms with van der Waals surface area (Å²) in [4.78, 5) is 25.8. The van der Waals surface area contributed by atoms with Gasteiger partial charge in [0.15, 0.2) is 0 Å². The second-order valence-corrected chi connectivity index (χ2v) is 5.47. The van der Waals surface area contributed by atoms with Crippen LogP contribution in [0.3, 0.4) is 0 Å². The molecule has 1 saturated heterocycles. The molecule has 1 fully saturated rings. The predicted octanol–water partition coefficient (Wildman–Crippen LogP) is -0.477. The number of nitrogens with zero attached hydrogens (tertiary/aromatic N) is 1. The van der Waals surface area contributed by atoms with Crippen molar-refractivity contribution in [2.75, 3.05) is 26.2 Å². The zero-order chi connectivity index (χ0) is 14.8. The molecule has 2 unspecified atom stereocenters. The molecular weight excluding hydrogens is 270 g/mol. The van der Waals surface area contributed by atoms with E-state index in [0.29, 0.717) is 32.7 Å². The van der Waals surface area contributed by atoms with Crippen molar-refractivity contribution in [2.24, 2.45) is 11.7 Å². The first-order chi connectivity index (χ1) is 10.2. The number of ether oxygens (including phenoxy) is 1. The van der Waals surface area contributed by atoms with Gasteiger partial charge in [-0.3, -0.25) is 9.59 Å². The van der Waals surface area contributed by atoms with Crippen LogP contribution in [-0.4, -0.2) is 49.0 Å². The molecule has 2 amide bonds. The minimum absolute atomic E-state index is 0.0465. The highest BCUT2D eigenvalue weighted by Crippen LogP contribution is 2.28. The Morgan fingerprint density at radius 1 is 1.33 bits per heavy atom. The lowest BCUT2D eigenvalue weighted by molar-refractivity contribution is -0.144. The van der Waals surface area contributed by atoms with E-state index in [2.05, 4.69) is 5.32 Å². The average molecular weight is 289 g/mol. The molecule has 3 N–H and O–H groups in total. The smallest absolute Gasteiger partial charge is 0.241 e. The van der Waals surface area contributed by atoms with Crippen LogP contribution < -0.4 is 15.8 Å². The number of para-hydroxylation sites is 1. The molecule has 0 spiro atoms. The number of primary amides is 1. The second kappa shape index (κ2) is 5.73. The Hall–Kier alpha value is -2.08. The molecule has 112 valence electrons. The number of amides is 2. The summed E-state index contributed by atoms with van der Waals surface area (Å²) >= 11 is 0. The van der Waals surface area contributed by atoms with Gasteiger partial charge in [0.25, 0.3) is 0 Å². The number of piperazine rings is 1. The molecule has 0 aliphatic carbocycles. The van der Waals surface area contributed by atoms with E-state index in [-0.39, 0.29) is 11.8 Å². The summed E-state index contributed by atoms with van der Waals surface area (Å²) in [5.74, 6) is 0.0793. The van der Waals surface area contributed by atoms with Gasteiger partial charge in [-0.1, -0.05) is 18.2 Å². The predicted molar refractivity (Wildman–Crippen MR) is 76.7 cm³/mol. The van der Waals surface area contributed by atoms with Gasteiger partial charge in [0.2, 0.25) is 11.8 Å². The lowest BCUT2D eigenvalue weighted by Crippen LogP contribution is -2.60. The van der Waals surface area contributed by atoms with Gasteiger partial charge in [0.1, 0.15) is 18.4 Å². The van der Waals surface area contributed by atoms with Gasteiger partial charge >= 0.3 is 0 Å². The molecule has 2 aliphatic rings. The fourth-order valence-electron chi connectivity index (χ4n) is 2.94. The number of nitrogens with one attached hydrogen (secondary N) is 1. The third kappa shape index (κ3) is 2.71. The second-order valence-electron chi connectivity index (χ2n) is 5.47. The number of hydrogen-bond donors (Lipinski definition) is 2. The number of fused-ring (bicyclic) bond motifs is 1. The first-order valence-corrected chi connectivity index (χ1v) is 7.18. The first-order valence-electron chi connectivity index (χ1n) is 7.18. The largest absolute Gasteiger partial charge is 0.492 e. The quantitative estimate of drug-likeness (QED) is 0.770. The van der Waals surface area contributed by atoms with Crippen molar-refractivity contribution in [2.45, 2.75) is 12.5 Å². The molecular formula is C15H19N3O3. The Labute approximate surface area is 123 Å². The third-order valence-electron chi connectivity index (χ3n) is 4.08. The molecule has 2 atom stereocenters. The summed E-state index contributed by atoms with van der Waals surface area (Å²) in [5, 5.41) is 3.09. The number of rotatable bonds is 2. The van der Waals surface area contributed by atoms with Crippen molar-refractivity contribution >= 4 is 11.8 Å². The van der Waals surface area contributed by atoms with Crippen LogP contribution in [0.25, 0.3) is 0 Å². The van der Waals surface area contributed by atoms with E-state index < -0.39 is 11.9 Å². The Morgan fingerprint density at radius 2 is 2.14 bits per heavy atom. The van der Waals surface area contributed by atoms with Crippen LogP contribution in [0.15, 0.2) is 24.3 Å². The van der Waals surface area contributed by atoms with Crippen LogP contribution in [0.1, 0.15) is 5.56 Å². The molecule has 2 heterocycles. The molecule has 0 saturated carbocycles. The van der Waals surface area contributed by atoms with Crippen LogP contribution in [0.5, 0.6) is 5.75 Å². The molecule has 1 aromatic rings. The molecule has 0 radical (unpaired) electrons. The van der Waals surface area contributed by atoms with E-state index in [1.165, 1.54) is 0 Å². The highest BCUT2D eigenvalue weighted by atomic mass is 16.5. The van der Waals surface area contributed by atoms with Crippen LogP contribution in [-0.2, 0) is 16.0 Å². The fraction of sp³-hybridized carbons (Fsp3) is 0.467. The maximum absolute atomic E-state index is 12.7. The SMILES string of the molecule is NC(=O)C1CNCCN1C(=O)C1COc2ccccc2C1. The molecule has 6 heteroatoms. The van der Waals surface area contributed by atoms with Crippen molar-refractivity contribution in [3.8, 4) is 5.75 Å². The van der Waals surface area contributed by atoms with E-state index in [9.17, 15) is 9.59 Å². The lowest BCUT2D eigenvalue weighted by atomic mass is 9.94. The van der Waals surface area contributed by atoms with Crippen LogP contribution in [0.2, 0.25) is 0 Å². The minimum atomic E-state index is -0.566. The van der Waals surface area contributed by atoms with Gasteiger partial charge in [-0.05, 0) is 18.1 Å². The van der Waals surface area contributed by atoms with Crippen LogP contribution >= 0.6 is 0 Å². The van der Waals surface area contributed by atoms with Gasteiger partial charge in [-0.2, -0.15) is 0 Å². The molecule has 21 heavy (non-hydrogen) atoms.